The van der Waals surface area contributed by atoms with Gasteiger partial charge in [-0.1, -0.05) is 13.8 Å². The van der Waals surface area contributed by atoms with Crippen LogP contribution in [0.5, 0.6) is 0 Å². The second-order valence-corrected chi connectivity index (χ2v) is 7.21. The van der Waals surface area contributed by atoms with Crippen LogP contribution in [0.1, 0.15) is 46.5 Å². The molecule has 124 valence electrons. The molecule has 3 aromatic rings. The highest BCUT2D eigenvalue weighted by Gasteiger charge is 2.26. The topological polar surface area (TPSA) is 102 Å². The second-order valence-electron chi connectivity index (χ2n) is 6.09. The third kappa shape index (κ3) is 2.41. The first-order valence-electron chi connectivity index (χ1n) is 7.77. The number of amides is 1. The lowest BCUT2D eigenvalue weighted by Crippen LogP contribution is -2.36. The first-order chi connectivity index (χ1) is 11.5. The molecule has 4 heterocycles. The molecule has 0 unspecified atom stereocenters. The van der Waals surface area contributed by atoms with Gasteiger partial charge < -0.3 is 10.6 Å². The first kappa shape index (κ1) is 15.0. The van der Waals surface area contributed by atoms with E-state index in [0.717, 1.165) is 22.7 Å². The molecule has 1 amide bonds. The molecule has 0 spiro atoms. The Morgan fingerprint density at radius 2 is 2.21 bits per heavy atom. The summed E-state index contributed by atoms with van der Waals surface area (Å²) in [5.74, 6) is 0.558. The number of hydrogen-bond donors (Lipinski definition) is 1. The van der Waals surface area contributed by atoms with Crippen LogP contribution in [-0.2, 0) is 13.0 Å². The van der Waals surface area contributed by atoms with E-state index in [1.165, 1.54) is 17.7 Å². The van der Waals surface area contributed by atoms with E-state index >= 15 is 0 Å². The molecule has 0 saturated carbocycles. The quantitative estimate of drug-likeness (QED) is 0.756. The molecule has 0 fully saturated rings. The predicted octanol–water partition coefficient (Wildman–Crippen LogP) is 1.48. The van der Waals surface area contributed by atoms with E-state index in [-0.39, 0.29) is 11.8 Å². The Balaban J connectivity index is 1.69. The minimum absolute atomic E-state index is 0.0972. The second kappa shape index (κ2) is 5.52. The largest absolute Gasteiger partial charge is 0.375 e. The van der Waals surface area contributed by atoms with Gasteiger partial charge in [-0.05, 0) is 12.0 Å². The molecule has 0 radical (unpaired) electrons. The minimum atomic E-state index is -0.0972. The molecule has 9 heteroatoms. The summed E-state index contributed by atoms with van der Waals surface area (Å²) in [5.41, 5.74) is 8.09. The summed E-state index contributed by atoms with van der Waals surface area (Å²) in [5, 5.41) is 4.74. The number of carbonyl (C=O) groups is 1. The zero-order chi connectivity index (χ0) is 16.8. The lowest BCUT2D eigenvalue weighted by atomic mass is 10.1. The summed E-state index contributed by atoms with van der Waals surface area (Å²) in [4.78, 5) is 28.6. The molecule has 8 nitrogen and oxygen atoms in total. The van der Waals surface area contributed by atoms with Gasteiger partial charge >= 0.3 is 0 Å². The molecule has 0 saturated heterocycles. The number of carbonyl (C=O) groups excluding carboxylic acids is 1. The SMILES string of the molecule is CC(C)c1cc(C(=O)N2CCc3nc(N)sc3C2)nc2ncnn12. The Morgan fingerprint density at radius 3 is 3.00 bits per heavy atom. The highest BCUT2D eigenvalue weighted by atomic mass is 32.1. The summed E-state index contributed by atoms with van der Waals surface area (Å²) < 4.78 is 1.68. The van der Waals surface area contributed by atoms with E-state index < -0.39 is 0 Å². The average Bonchev–Trinajstić information content (AvgIpc) is 3.16. The van der Waals surface area contributed by atoms with Gasteiger partial charge in [-0.15, -0.1) is 11.3 Å². The van der Waals surface area contributed by atoms with Crippen molar-refractivity contribution in [2.45, 2.75) is 32.7 Å². The van der Waals surface area contributed by atoms with Crippen molar-refractivity contribution in [1.29, 1.82) is 0 Å². The average molecular weight is 343 g/mol. The fraction of sp³-hybridized carbons (Fsp3) is 0.400. The van der Waals surface area contributed by atoms with Crippen molar-refractivity contribution in [1.82, 2.24) is 29.5 Å². The van der Waals surface area contributed by atoms with Gasteiger partial charge in [0.2, 0.25) is 0 Å². The van der Waals surface area contributed by atoms with Crippen LogP contribution < -0.4 is 5.73 Å². The third-order valence-corrected chi connectivity index (χ3v) is 5.04. The summed E-state index contributed by atoms with van der Waals surface area (Å²) >= 11 is 1.44. The number of rotatable bonds is 2. The highest BCUT2D eigenvalue weighted by Crippen LogP contribution is 2.27. The lowest BCUT2D eigenvalue weighted by Gasteiger charge is -2.26. The van der Waals surface area contributed by atoms with Crippen molar-refractivity contribution >= 4 is 28.2 Å². The number of nitrogens with zero attached hydrogens (tertiary/aromatic N) is 6. The van der Waals surface area contributed by atoms with E-state index in [1.54, 1.807) is 9.42 Å². The van der Waals surface area contributed by atoms with Crippen molar-refractivity contribution in [2.75, 3.05) is 12.3 Å². The van der Waals surface area contributed by atoms with Gasteiger partial charge in [0.05, 0.1) is 17.9 Å². The number of thiazole rings is 1. The molecular weight excluding hydrogens is 326 g/mol. The standard InChI is InChI=1S/C15H17N7OS/c1-8(2)11-5-10(20-15-17-7-18-22(11)15)13(23)21-4-3-9-12(6-21)24-14(16)19-9/h5,7-8H,3-4,6H2,1-2H3,(H2,16,19). The molecule has 3 aromatic heterocycles. The monoisotopic (exact) mass is 343 g/mol. The van der Waals surface area contributed by atoms with Crippen molar-refractivity contribution in [3.8, 4) is 0 Å². The number of fused-ring (bicyclic) bond motifs is 2. The Labute approximate surface area is 142 Å². The summed E-state index contributed by atoms with van der Waals surface area (Å²) in [6.07, 6.45) is 2.18. The maximum atomic E-state index is 12.9. The van der Waals surface area contributed by atoms with Gasteiger partial charge in [0, 0.05) is 17.8 Å². The summed E-state index contributed by atoms with van der Waals surface area (Å²) in [6, 6.07) is 1.81. The van der Waals surface area contributed by atoms with Crippen molar-refractivity contribution in [3.05, 3.63) is 34.4 Å². The number of nitrogens with two attached hydrogens (primary N) is 1. The van der Waals surface area contributed by atoms with Gasteiger partial charge in [-0.2, -0.15) is 10.1 Å². The Bertz CT molecular complexity index is 929. The zero-order valence-corrected chi connectivity index (χ0v) is 14.2. The predicted molar refractivity (Wildman–Crippen MR) is 89.8 cm³/mol. The van der Waals surface area contributed by atoms with E-state index in [2.05, 4.69) is 33.9 Å². The normalized spacial score (nSPS) is 14.4. The molecule has 2 N–H and O–H groups in total. The highest BCUT2D eigenvalue weighted by molar-refractivity contribution is 7.15. The molecule has 24 heavy (non-hydrogen) atoms. The van der Waals surface area contributed by atoms with Crippen molar-refractivity contribution in [2.24, 2.45) is 0 Å². The van der Waals surface area contributed by atoms with Crippen LogP contribution in [0.25, 0.3) is 5.78 Å². The maximum Gasteiger partial charge on any atom is 0.273 e. The molecule has 0 atom stereocenters. The summed E-state index contributed by atoms with van der Waals surface area (Å²) in [6.45, 7) is 5.25. The fourth-order valence-corrected chi connectivity index (χ4v) is 3.80. The van der Waals surface area contributed by atoms with Crippen molar-refractivity contribution in [3.63, 3.8) is 0 Å². The molecule has 0 aromatic carbocycles. The van der Waals surface area contributed by atoms with Crippen LogP contribution in [0.2, 0.25) is 0 Å². The van der Waals surface area contributed by atoms with Crippen LogP contribution in [0.4, 0.5) is 5.13 Å². The van der Waals surface area contributed by atoms with Crippen LogP contribution >= 0.6 is 11.3 Å². The molecule has 0 bridgehead atoms. The Morgan fingerprint density at radius 1 is 1.38 bits per heavy atom. The van der Waals surface area contributed by atoms with Gasteiger partial charge in [-0.3, -0.25) is 4.79 Å². The van der Waals surface area contributed by atoms with Crippen molar-refractivity contribution < 1.29 is 4.79 Å². The molecular formula is C15H17N7OS. The number of anilines is 1. The zero-order valence-electron chi connectivity index (χ0n) is 13.4. The number of aromatic nitrogens is 5. The lowest BCUT2D eigenvalue weighted by molar-refractivity contribution is 0.0730. The Kier molecular flexibility index (Phi) is 3.45. The Hall–Kier alpha value is -2.55. The van der Waals surface area contributed by atoms with Crippen LogP contribution in [0, 0.1) is 0 Å². The molecule has 1 aliphatic heterocycles. The van der Waals surface area contributed by atoms with E-state index in [0.29, 0.717) is 29.7 Å². The van der Waals surface area contributed by atoms with E-state index in [9.17, 15) is 4.79 Å². The number of hydrogen-bond acceptors (Lipinski definition) is 7. The van der Waals surface area contributed by atoms with E-state index in [1.807, 2.05) is 6.07 Å². The minimum Gasteiger partial charge on any atom is -0.375 e. The molecule has 1 aliphatic rings. The van der Waals surface area contributed by atoms with Gasteiger partial charge in [-0.25, -0.2) is 14.5 Å². The van der Waals surface area contributed by atoms with Crippen LogP contribution in [0.15, 0.2) is 12.4 Å². The fourth-order valence-electron chi connectivity index (χ4n) is 2.91. The molecule has 0 aliphatic carbocycles. The van der Waals surface area contributed by atoms with E-state index in [4.69, 9.17) is 5.73 Å². The molecule has 4 rings (SSSR count). The van der Waals surface area contributed by atoms with Crippen LogP contribution in [0.3, 0.4) is 0 Å². The van der Waals surface area contributed by atoms with Gasteiger partial charge in [0.25, 0.3) is 11.7 Å². The van der Waals surface area contributed by atoms with Gasteiger partial charge in [0.1, 0.15) is 12.0 Å². The first-order valence-corrected chi connectivity index (χ1v) is 8.58. The third-order valence-electron chi connectivity index (χ3n) is 4.13. The van der Waals surface area contributed by atoms with Crippen LogP contribution in [-0.4, -0.2) is 41.9 Å². The smallest absolute Gasteiger partial charge is 0.273 e. The maximum absolute atomic E-state index is 12.9. The summed E-state index contributed by atoms with van der Waals surface area (Å²) in [7, 11) is 0. The number of nitrogen functional groups attached to an aromatic ring is 1. The van der Waals surface area contributed by atoms with Gasteiger partial charge in [0.15, 0.2) is 5.13 Å².